The predicted octanol–water partition coefficient (Wildman–Crippen LogP) is 3.37. The van der Waals surface area contributed by atoms with Crippen molar-refractivity contribution >= 4 is 22.3 Å². The maximum Gasteiger partial charge on any atom is 0.185 e. The average molecular weight is 356 g/mol. The minimum atomic E-state index is 0.602. The van der Waals surface area contributed by atoms with E-state index in [9.17, 15) is 0 Å². The molecule has 0 amide bonds. The Kier molecular flexibility index (Phi) is 3.88. The molecule has 6 heteroatoms. The molecule has 25 heavy (non-hydrogen) atoms. The van der Waals surface area contributed by atoms with Crippen molar-refractivity contribution < 1.29 is 0 Å². The number of fused-ring (bicyclic) bond motifs is 1. The summed E-state index contributed by atoms with van der Waals surface area (Å²) >= 11 is 1.94. The van der Waals surface area contributed by atoms with Crippen LogP contribution in [0, 0.1) is 6.92 Å². The molecule has 3 aliphatic rings. The Labute approximate surface area is 153 Å². The van der Waals surface area contributed by atoms with Gasteiger partial charge in [0.2, 0.25) is 0 Å². The molecule has 2 aromatic heterocycles. The van der Waals surface area contributed by atoms with Crippen LogP contribution in [0.4, 0.5) is 10.9 Å². The first-order valence-corrected chi connectivity index (χ1v) is 10.4. The monoisotopic (exact) mass is 355 g/mol. The fourth-order valence-corrected chi connectivity index (χ4v) is 5.45. The highest BCUT2D eigenvalue weighted by Crippen LogP contribution is 2.37. The topological polar surface area (TPSA) is 45.2 Å². The van der Waals surface area contributed by atoms with Crippen LogP contribution in [-0.2, 0) is 12.8 Å². The minimum absolute atomic E-state index is 0.602. The van der Waals surface area contributed by atoms with Crippen LogP contribution in [0.1, 0.15) is 48.4 Å². The fraction of sp³-hybridized carbons (Fsp3) is 0.632. The molecule has 5 rings (SSSR count). The molecule has 1 saturated heterocycles. The fourth-order valence-electron chi connectivity index (χ4n) is 4.25. The van der Waals surface area contributed by atoms with E-state index in [0.717, 1.165) is 24.6 Å². The largest absolute Gasteiger partial charge is 0.350 e. The number of aromatic nitrogens is 3. The second-order valence-corrected chi connectivity index (χ2v) is 8.66. The zero-order chi connectivity index (χ0) is 16.8. The number of hydrogen-bond acceptors (Lipinski definition) is 6. The lowest BCUT2D eigenvalue weighted by molar-refractivity contribution is 0.458. The van der Waals surface area contributed by atoms with Crippen molar-refractivity contribution in [3.8, 4) is 0 Å². The number of thiazole rings is 1. The molecule has 5 nitrogen and oxygen atoms in total. The van der Waals surface area contributed by atoms with Crippen molar-refractivity contribution in [3.05, 3.63) is 28.7 Å². The predicted molar refractivity (Wildman–Crippen MR) is 102 cm³/mol. The SMILES string of the molecule is Cc1cc(N(C2CC2)C2CCN(c3nc4c(s3)CCC4)CC2)ncn1. The zero-order valence-electron chi connectivity index (χ0n) is 14.8. The maximum atomic E-state index is 4.91. The second kappa shape index (κ2) is 6.24. The van der Waals surface area contributed by atoms with E-state index in [1.807, 2.05) is 11.3 Å². The van der Waals surface area contributed by atoms with E-state index < -0.39 is 0 Å². The Balaban J connectivity index is 1.29. The Morgan fingerprint density at radius 1 is 1.08 bits per heavy atom. The van der Waals surface area contributed by atoms with Crippen molar-refractivity contribution in [1.29, 1.82) is 0 Å². The van der Waals surface area contributed by atoms with Gasteiger partial charge in [-0.3, -0.25) is 0 Å². The van der Waals surface area contributed by atoms with Crippen molar-refractivity contribution in [2.45, 2.75) is 64.0 Å². The molecule has 0 N–H and O–H groups in total. The smallest absolute Gasteiger partial charge is 0.185 e. The first-order valence-electron chi connectivity index (χ1n) is 9.58. The highest BCUT2D eigenvalue weighted by atomic mass is 32.1. The van der Waals surface area contributed by atoms with E-state index in [-0.39, 0.29) is 0 Å². The highest BCUT2D eigenvalue weighted by Gasteiger charge is 2.37. The zero-order valence-corrected chi connectivity index (χ0v) is 15.6. The molecule has 0 unspecified atom stereocenters. The van der Waals surface area contributed by atoms with E-state index in [1.54, 1.807) is 6.33 Å². The van der Waals surface area contributed by atoms with Gasteiger partial charge in [0.1, 0.15) is 12.1 Å². The van der Waals surface area contributed by atoms with Gasteiger partial charge >= 0.3 is 0 Å². The summed E-state index contributed by atoms with van der Waals surface area (Å²) in [7, 11) is 0. The number of rotatable bonds is 4. The van der Waals surface area contributed by atoms with Crippen molar-refractivity contribution in [3.63, 3.8) is 0 Å². The van der Waals surface area contributed by atoms with Gasteiger partial charge in [-0.15, -0.1) is 11.3 Å². The summed E-state index contributed by atoms with van der Waals surface area (Å²) in [6, 6.07) is 3.44. The lowest BCUT2D eigenvalue weighted by Gasteiger charge is -2.39. The molecule has 0 radical (unpaired) electrons. The third-order valence-electron chi connectivity index (χ3n) is 5.71. The highest BCUT2D eigenvalue weighted by molar-refractivity contribution is 7.15. The van der Waals surface area contributed by atoms with E-state index in [0.29, 0.717) is 12.1 Å². The van der Waals surface area contributed by atoms with Gasteiger partial charge in [-0.05, 0) is 51.9 Å². The summed E-state index contributed by atoms with van der Waals surface area (Å²) in [4.78, 5) is 20.4. The van der Waals surface area contributed by atoms with Crippen LogP contribution >= 0.6 is 11.3 Å². The summed E-state index contributed by atoms with van der Waals surface area (Å²) in [6.45, 7) is 4.29. The van der Waals surface area contributed by atoms with Crippen LogP contribution in [0.2, 0.25) is 0 Å². The molecule has 132 valence electrons. The summed E-state index contributed by atoms with van der Waals surface area (Å²) < 4.78 is 0. The molecule has 0 bridgehead atoms. The molecular formula is C19H25N5S. The third kappa shape index (κ3) is 3.01. The second-order valence-electron chi connectivity index (χ2n) is 7.59. The van der Waals surface area contributed by atoms with Crippen LogP contribution in [0.5, 0.6) is 0 Å². The number of anilines is 2. The molecule has 1 saturated carbocycles. The summed E-state index contributed by atoms with van der Waals surface area (Å²) in [5.74, 6) is 1.13. The minimum Gasteiger partial charge on any atom is -0.350 e. The number of hydrogen-bond donors (Lipinski definition) is 0. The van der Waals surface area contributed by atoms with Crippen molar-refractivity contribution in [2.24, 2.45) is 0 Å². The molecule has 2 aromatic rings. The molecule has 1 aliphatic heterocycles. The standard InChI is InChI=1S/C19H25N5S/c1-13-11-18(21-12-20-13)24(14-5-6-14)15-7-9-23(10-8-15)19-22-16-3-2-4-17(16)25-19/h11-12,14-15H,2-10H2,1H3. The maximum absolute atomic E-state index is 4.91. The molecule has 0 spiro atoms. The van der Waals surface area contributed by atoms with Gasteiger partial charge in [0.25, 0.3) is 0 Å². The van der Waals surface area contributed by atoms with E-state index in [1.165, 1.54) is 60.6 Å². The quantitative estimate of drug-likeness (QED) is 0.841. The number of nitrogens with zero attached hydrogens (tertiary/aromatic N) is 5. The number of aryl methyl sites for hydroxylation is 3. The van der Waals surface area contributed by atoms with Crippen molar-refractivity contribution in [1.82, 2.24) is 15.0 Å². The molecule has 2 aliphatic carbocycles. The molecule has 2 fully saturated rings. The average Bonchev–Trinajstić information content (AvgIpc) is 3.20. The van der Waals surface area contributed by atoms with Crippen LogP contribution < -0.4 is 9.80 Å². The van der Waals surface area contributed by atoms with Crippen LogP contribution in [0.3, 0.4) is 0 Å². The van der Waals surface area contributed by atoms with Gasteiger partial charge in [-0.1, -0.05) is 0 Å². The molecule has 0 aromatic carbocycles. The van der Waals surface area contributed by atoms with E-state index in [2.05, 4.69) is 32.8 Å². The third-order valence-corrected chi connectivity index (χ3v) is 6.93. The Hall–Kier alpha value is -1.69. The molecule has 0 atom stereocenters. The summed E-state index contributed by atoms with van der Waals surface area (Å²) in [5, 5.41) is 1.26. The van der Waals surface area contributed by atoms with E-state index >= 15 is 0 Å². The van der Waals surface area contributed by atoms with E-state index in [4.69, 9.17) is 4.98 Å². The van der Waals surface area contributed by atoms with Crippen molar-refractivity contribution in [2.75, 3.05) is 22.9 Å². The first-order chi connectivity index (χ1) is 12.3. The lowest BCUT2D eigenvalue weighted by Crippen LogP contribution is -2.46. The first kappa shape index (κ1) is 15.6. The lowest BCUT2D eigenvalue weighted by atomic mass is 10.0. The summed E-state index contributed by atoms with van der Waals surface area (Å²) in [6.07, 6.45) is 10.5. The van der Waals surface area contributed by atoms with Gasteiger partial charge < -0.3 is 9.80 Å². The Morgan fingerprint density at radius 2 is 1.88 bits per heavy atom. The van der Waals surface area contributed by atoms with Crippen LogP contribution in [0.15, 0.2) is 12.4 Å². The van der Waals surface area contributed by atoms with Gasteiger partial charge in [0.15, 0.2) is 5.13 Å². The Morgan fingerprint density at radius 3 is 2.60 bits per heavy atom. The van der Waals surface area contributed by atoms with Gasteiger partial charge in [-0.25, -0.2) is 15.0 Å². The van der Waals surface area contributed by atoms with Crippen LogP contribution in [-0.4, -0.2) is 40.1 Å². The Bertz CT molecular complexity index is 739. The summed E-state index contributed by atoms with van der Waals surface area (Å²) in [5.41, 5.74) is 2.43. The van der Waals surface area contributed by atoms with Gasteiger partial charge in [0.05, 0.1) is 5.69 Å². The molecule has 3 heterocycles. The number of piperidine rings is 1. The van der Waals surface area contributed by atoms with Gasteiger partial charge in [-0.2, -0.15) is 0 Å². The molecular weight excluding hydrogens is 330 g/mol. The van der Waals surface area contributed by atoms with Gasteiger partial charge in [0, 0.05) is 41.8 Å². The van der Waals surface area contributed by atoms with Crippen LogP contribution in [0.25, 0.3) is 0 Å². The normalized spacial score (nSPS) is 20.8.